The third-order valence-corrected chi connectivity index (χ3v) is 5.85. The van der Waals surface area contributed by atoms with Crippen LogP contribution in [0.4, 0.5) is 17.1 Å². The first kappa shape index (κ1) is 32.2. The van der Waals surface area contributed by atoms with Gasteiger partial charge in [-0.1, -0.05) is 12.8 Å². The summed E-state index contributed by atoms with van der Waals surface area (Å²) in [5.41, 5.74) is -0.588. The lowest BCUT2D eigenvalue weighted by molar-refractivity contribution is -0.393. The van der Waals surface area contributed by atoms with Crippen LogP contribution in [0.1, 0.15) is 64.2 Å². The fraction of sp³-hybridized carbons (Fsp3) is 0.600. The van der Waals surface area contributed by atoms with Crippen molar-refractivity contribution in [1.82, 2.24) is 5.06 Å². The van der Waals surface area contributed by atoms with Gasteiger partial charge in [-0.3, -0.25) is 34.6 Å². The van der Waals surface area contributed by atoms with Gasteiger partial charge in [-0.15, -0.1) is 5.06 Å². The number of ketones is 1. The van der Waals surface area contributed by atoms with E-state index in [1.807, 2.05) is 0 Å². The standard InChI is InChI=1S/C25H34N4O11/c30-20(6-3-1-2-4-8-25(33)40-27-23(31)11-12-24(27)32)7-5-14-38-16-17-39-15-13-26-21-10-9-19(28(34)35)18-22(21)29(36)37/h9-10,18,26H,1-8,11-17H2. The van der Waals surface area contributed by atoms with Crippen molar-refractivity contribution in [3.8, 4) is 0 Å². The fourth-order valence-electron chi connectivity index (χ4n) is 3.76. The van der Waals surface area contributed by atoms with Crippen molar-refractivity contribution < 1.29 is 43.3 Å². The molecule has 1 heterocycles. The highest BCUT2D eigenvalue weighted by molar-refractivity contribution is 6.01. The maximum atomic E-state index is 12.0. The van der Waals surface area contributed by atoms with Gasteiger partial charge in [0.2, 0.25) is 0 Å². The topological polar surface area (TPSA) is 198 Å². The number of hydrogen-bond acceptors (Lipinski definition) is 12. The molecule has 220 valence electrons. The number of hydroxylamine groups is 2. The van der Waals surface area contributed by atoms with Crippen LogP contribution in [0.5, 0.6) is 0 Å². The van der Waals surface area contributed by atoms with E-state index in [0.717, 1.165) is 18.9 Å². The number of amides is 2. The number of anilines is 1. The number of nitrogens with zero attached hydrogens (tertiary/aromatic N) is 3. The van der Waals surface area contributed by atoms with Gasteiger partial charge in [-0.2, -0.15) is 0 Å². The van der Waals surface area contributed by atoms with E-state index in [4.69, 9.17) is 14.3 Å². The van der Waals surface area contributed by atoms with Crippen molar-refractivity contribution in [2.75, 3.05) is 38.3 Å². The number of nitrogens with one attached hydrogen (secondary N) is 1. The molecule has 15 heteroatoms. The molecule has 0 radical (unpaired) electrons. The average molecular weight is 567 g/mol. The molecule has 1 aliphatic heterocycles. The number of unbranched alkanes of at least 4 members (excludes halogenated alkanes) is 3. The maximum Gasteiger partial charge on any atom is 0.333 e. The van der Waals surface area contributed by atoms with Gasteiger partial charge in [0, 0.05) is 51.3 Å². The summed E-state index contributed by atoms with van der Waals surface area (Å²) in [6.45, 7) is 1.55. The minimum absolute atomic E-state index is 0.0607. The Bertz CT molecular complexity index is 1050. The van der Waals surface area contributed by atoms with Gasteiger partial charge in [-0.05, 0) is 25.3 Å². The Morgan fingerprint density at radius 2 is 1.45 bits per heavy atom. The predicted octanol–water partition coefficient (Wildman–Crippen LogP) is 3.25. The molecule has 1 aromatic rings. The molecule has 0 saturated carbocycles. The van der Waals surface area contributed by atoms with Crippen LogP contribution in [0.15, 0.2) is 18.2 Å². The molecular formula is C25H34N4O11. The third kappa shape index (κ3) is 11.8. The van der Waals surface area contributed by atoms with Crippen LogP contribution in [-0.2, 0) is 33.5 Å². The summed E-state index contributed by atoms with van der Waals surface area (Å²) in [6, 6.07) is 3.37. The molecule has 1 aliphatic rings. The lowest BCUT2D eigenvalue weighted by Crippen LogP contribution is -2.31. The van der Waals surface area contributed by atoms with E-state index in [-0.39, 0.29) is 55.3 Å². The predicted molar refractivity (Wildman–Crippen MR) is 139 cm³/mol. The molecule has 0 unspecified atom stereocenters. The largest absolute Gasteiger partial charge is 0.379 e. The molecule has 1 fully saturated rings. The van der Waals surface area contributed by atoms with Gasteiger partial charge in [-0.25, -0.2) is 4.79 Å². The van der Waals surface area contributed by atoms with Gasteiger partial charge < -0.3 is 19.6 Å². The van der Waals surface area contributed by atoms with Crippen LogP contribution in [0.2, 0.25) is 0 Å². The quantitative estimate of drug-likeness (QED) is 0.0988. The Balaban J connectivity index is 1.40. The lowest BCUT2D eigenvalue weighted by atomic mass is 10.1. The molecule has 1 N–H and O–H groups in total. The number of benzene rings is 1. The van der Waals surface area contributed by atoms with Crippen molar-refractivity contribution in [2.24, 2.45) is 0 Å². The Hall–Kier alpha value is -3.98. The number of ether oxygens (including phenoxy) is 2. The smallest absolute Gasteiger partial charge is 0.333 e. The average Bonchev–Trinajstić information content (AvgIpc) is 3.23. The van der Waals surface area contributed by atoms with Gasteiger partial charge in [0.05, 0.1) is 35.7 Å². The molecule has 1 saturated heterocycles. The van der Waals surface area contributed by atoms with Crippen LogP contribution in [0, 0.1) is 20.2 Å². The monoisotopic (exact) mass is 566 g/mol. The summed E-state index contributed by atoms with van der Waals surface area (Å²) in [5, 5.41) is 25.3. The molecule has 0 aromatic heterocycles. The summed E-state index contributed by atoms with van der Waals surface area (Å²) in [6.07, 6.45) is 4.43. The maximum absolute atomic E-state index is 12.0. The van der Waals surface area contributed by atoms with Gasteiger partial charge in [0.1, 0.15) is 11.5 Å². The number of non-ortho nitro benzene ring substituents is 1. The molecular weight excluding hydrogens is 532 g/mol. The van der Waals surface area contributed by atoms with Crippen LogP contribution in [0.3, 0.4) is 0 Å². The van der Waals surface area contributed by atoms with Crippen LogP contribution in [0.25, 0.3) is 0 Å². The number of Topliss-reactive ketones (excluding diaryl/α,β-unsaturated/α-hetero) is 1. The number of nitro benzene ring substituents is 2. The normalized spacial score (nSPS) is 12.9. The summed E-state index contributed by atoms with van der Waals surface area (Å²) in [4.78, 5) is 71.8. The third-order valence-electron chi connectivity index (χ3n) is 5.85. The Kier molecular flexibility index (Phi) is 14.2. The number of rotatable bonds is 21. The minimum Gasteiger partial charge on any atom is -0.379 e. The second kappa shape index (κ2) is 17.6. The summed E-state index contributed by atoms with van der Waals surface area (Å²) in [5.74, 6) is -1.48. The van der Waals surface area contributed by atoms with Crippen LogP contribution in [-0.4, -0.2) is 71.4 Å². The second-order valence-electron chi connectivity index (χ2n) is 8.97. The molecule has 0 bridgehead atoms. The highest BCUT2D eigenvalue weighted by Gasteiger charge is 2.32. The van der Waals surface area contributed by atoms with E-state index in [2.05, 4.69) is 5.32 Å². The van der Waals surface area contributed by atoms with E-state index in [1.165, 1.54) is 12.1 Å². The lowest BCUT2D eigenvalue weighted by Gasteiger charge is -2.12. The zero-order chi connectivity index (χ0) is 29.3. The zero-order valence-corrected chi connectivity index (χ0v) is 22.2. The molecule has 15 nitrogen and oxygen atoms in total. The van der Waals surface area contributed by atoms with E-state index in [0.29, 0.717) is 57.0 Å². The summed E-state index contributed by atoms with van der Waals surface area (Å²) >= 11 is 0. The van der Waals surface area contributed by atoms with E-state index in [9.17, 15) is 39.4 Å². The summed E-state index contributed by atoms with van der Waals surface area (Å²) in [7, 11) is 0. The van der Waals surface area contributed by atoms with Crippen molar-refractivity contribution in [2.45, 2.75) is 64.2 Å². The van der Waals surface area contributed by atoms with Crippen LogP contribution >= 0.6 is 0 Å². The van der Waals surface area contributed by atoms with Crippen molar-refractivity contribution in [3.05, 3.63) is 38.4 Å². The van der Waals surface area contributed by atoms with Crippen molar-refractivity contribution in [1.29, 1.82) is 0 Å². The van der Waals surface area contributed by atoms with Crippen molar-refractivity contribution in [3.63, 3.8) is 0 Å². The number of carbonyl (C=O) groups is 4. The first-order chi connectivity index (χ1) is 19.2. The molecule has 0 spiro atoms. The Morgan fingerprint density at radius 1 is 0.825 bits per heavy atom. The Morgan fingerprint density at radius 3 is 2.10 bits per heavy atom. The van der Waals surface area contributed by atoms with Gasteiger partial charge >= 0.3 is 5.97 Å². The van der Waals surface area contributed by atoms with E-state index >= 15 is 0 Å². The molecule has 2 amide bonds. The first-order valence-electron chi connectivity index (χ1n) is 13.1. The molecule has 2 rings (SSSR count). The number of nitro groups is 2. The number of carbonyl (C=O) groups excluding carboxylic acids is 4. The second-order valence-corrected chi connectivity index (χ2v) is 8.97. The summed E-state index contributed by atoms with van der Waals surface area (Å²) < 4.78 is 10.8. The number of hydrogen-bond donors (Lipinski definition) is 1. The highest BCUT2D eigenvalue weighted by Crippen LogP contribution is 2.28. The van der Waals surface area contributed by atoms with Gasteiger partial charge in [0.15, 0.2) is 0 Å². The highest BCUT2D eigenvalue weighted by atomic mass is 16.7. The van der Waals surface area contributed by atoms with Crippen molar-refractivity contribution >= 4 is 40.6 Å². The first-order valence-corrected chi connectivity index (χ1v) is 13.1. The fourth-order valence-corrected chi connectivity index (χ4v) is 3.76. The minimum atomic E-state index is -0.698. The molecule has 0 atom stereocenters. The Labute approximate surface area is 230 Å². The van der Waals surface area contributed by atoms with E-state index < -0.39 is 27.6 Å². The SMILES string of the molecule is O=C(CCCCCCC(=O)ON1C(=O)CCC1=O)CCCOCCOCCNc1ccc([N+](=O)[O-])cc1[N+](=O)[O-]. The van der Waals surface area contributed by atoms with Gasteiger partial charge in [0.25, 0.3) is 23.2 Å². The molecule has 40 heavy (non-hydrogen) atoms. The molecule has 1 aromatic carbocycles. The van der Waals surface area contributed by atoms with Crippen LogP contribution < -0.4 is 5.32 Å². The molecule has 0 aliphatic carbocycles. The zero-order valence-electron chi connectivity index (χ0n) is 22.2. The van der Waals surface area contributed by atoms with E-state index in [1.54, 1.807) is 0 Å². The number of imide groups is 1.